The molecule has 0 aliphatic rings. The van der Waals surface area contributed by atoms with Crippen LogP contribution in [0.5, 0.6) is 0 Å². The molecule has 0 spiro atoms. The van der Waals surface area contributed by atoms with Crippen molar-refractivity contribution in [3.8, 4) is 0 Å². The van der Waals surface area contributed by atoms with Crippen molar-refractivity contribution in [2.75, 3.05) is 11.4 Å². The Morgan fingerprint density at radius 1 is 1.35 bits per heavy atom. The van der Waals surface area contributed by atoms with Crippen LogP contribution < -0.4 is 4.90 Å². The Morgan fingerprint density at radius 3 is 2.41 bits per heavy atom. The van der Waals surface area contributed by atoms with E-state index < -0.39 is 0 Å². The summed E-state index contributed by atoms with van der Waals surface area (Å²) < 4.78 is 0. The SMILES string of the molecule is CCC(CC)N(CC(C)C)c1ncc(CO)s1. The Balaban J connectivity index is 2.88. The molecule has 0 aliphatic carbocycles. The largest absolute Gasteiger partial charge is 0.391 e. The first-order valence-corrected chi connectivity index (χ1v) is 7.26. The van der Waals surface area contributed by atoms with Crippen molar-refractivity contribution < 1.29 is 5.11 Å². The van der Waals surface area contributed by atoms with Gasteiger partial charge in [-0.1, -0.05) is 39.0 Å². The van der Waals surface area contributed by atoms with E-state index in [0.29, 0.717) is 12.0 Å². The highest BCUT2D eigenvalue weighted by atomic mass is 32.1. The summed E-state index contributed by atoms with van der Waals surface area (Å²) in [4.78, 5) is 7.78. The van der Waals surface area contributed by atoms with Gasteiger partial charge in [0.2, 0.25) is 0 Å². The highest BCUT2D eigenvalue weighted by Crippen LogP contribution is 2.27. The van der Waals surface area contributed by atoms with E-state index >= 15 is 0 Å². The Morgan fingerprint density at radius 2 is 2.00 bits per heavy atom. The lowest BCUT2D eigenvalue weighted by Crippen LogP contribution is -2.37. The van der Waals surface area contributed by atoms with Gasteiger partial charge in [0.05, 0.1) is 11.5 Å². The summed E-state index contributed by atoms with van der Waals surface area (Å²) in [5, 5.41) is 10.2. The standard InChI is InChI=1S/C13H24N2OS/c1-5-11(6-2)15(8-10(3)4)13-14-7-12(9-16)17-13/h7,10-11,16H,5-6,8-9H2,1-4H3. The predicted octanol–water partition coefficient (Wildman–Crippen LogP) is 3.29. The van der Waals surface area contributed by atoms with Crippen LogP contribution in [0, 0.1) is 5.92 Å². The van der Waals surface area contributed by atoms with E-state index in [1.807, 2.05) is 0 Å². The van der Waals surface area contributed by atoms with Crippen LogP contribution in [0.25, 0.3) is 0 Å². The van der Waals surface area contributed by atoms with Crippen LogP contribution >= 0.6 is 11.3 Å². The van der Waals surface area contributed by atoms with E-state index in [1.165, 1.54) is 0 Å². The summed E-state index contributed by atoms with van der Waals surface area (Å²) in [6.45, 7) is 10.0. The molecule has 0 saturated carbocycles. The van der Waals surface area contributed by atoms with E-state index in [0.717, 1.165) is 29.4 Å². The predicted molar refractivity (Wildman–Crippen MR) is 74.6 cm³/mol. The van der Waals surface area contributed by atoms with E-state index in [-0.39, 0.29) is 6.61 Å². The van der Waals surface area contributed by atoms with E-state index in [9.17, 15) is 0 Å². The fourth-order valence-electron chi connectivity index (χ4n) is 2.01. The topological polar surface area (TPSA) is 36.4 Å². The zero-order valence-electron chi connectivity index (χ0n) is 11.3. The quantitative estimate of drug-likeness (QED) is 0.813. The molecule has 17 heavy (non-hydrogen) atoms. The summed E-state index contributed by atoms with van der Waals surface area (Å²) >= 11 is 1.61. The summed E-state index contributed by atoms with van der Waals surface area (Å²) in [5.41, 5.74) is 0. The first-order chi connectivity index (χ1) is 8.12. The number of rotatable bonds is 7. The Kier molecular flexibility index (Phi) is 5.92. The molecule has 98 valence electrons. The van der Waals surface area contributed by atoms with Gasteiger partial charge in [-0.15, -0.1) is 0 Å². The lowest BCUT2D eigenvalue weighted by molar-refractivity contribution is 0.285. The molecule has 1 heterocycles. The molecule has 0 fully saturated rings. The molecule has 0 bridgehead atoms. The molecule has 0 unspecified atom stereocenters. The van der Waals surface area contributed by atoms with Crippen LogP contribution in [-0.2, 0) is 6.61 Å². The van der Waals surface area contributed by atoms with Crippen LogP contribution in [0.4, 0.5) is 5.13 Å². The van der Waals surface area contributed by atoms with Crippen LogP contribution in [0.15, 0.2) is 6.20 Å². The average Bonchev–Trinajstić information content (AvgIpc) is 2.77. The minimum atomic E-state index is 0.0934. The fraction of sp³-hybridized carbons (Fsp3) is 0.769. The minimum Gasteiger partial charge on any atom is -0.391 e. The molecule has 3 nitrogen and oxygen atoms in total. The van der Waals surface area contributed by atoms with Gasteiger partial charge < -0.3 is 10.0 Å². The smallest absolute Gasteiger partial charge is 0.185 e. The van der Waals surface area contributed by atoms with Gasteiger partial charge in [-0.05, 0) is 18.8 Å². The van der Waals surface area contributed by atoms with Gasteiger partial charge in [0.25, 0.3) is 0 Å². The Labute approximate surface area is 108 Å². The molecule has 0 atom stereocenters. The number of hydrogen-bond acceptors (Lipinski definition) is 4. The van der Waals surface area contributed by atoms with E-state index in [1.54, 1.807) is 17.5 Å². The number of nitrogens with zero attached hydrogens (tertiary/aromatic N) is 2. The van der Waals surface area contributed by atoms with Crippen LogP contribution in [0.3, 0.4) is 0 Å². The van der Waals surface area contributed by atoms with Crippen LogP contribution in [0.1, 0.15) is 45.4 Å². The molecular weight excluding hydrogens is 232 g/mol. The maximum atomic E-state index is 9.12. The summed E-state index contributed by atoms with van der Waals surface area (Å²) in [6.07, 6.45) is 4.06. The molecule has 1 N–H and O–H groups in total. The average molecular weight is 256 g/mol. The molecule has 0 amide bonds. The van der Waals surface area contributed by atoms with Gasteiger partial charge in [0, 0.05) is 18.8 Å². The second-order valence-electron chi connectivity index (χ2n) is 4.78. The van der Waals surface area contributed by atoms with Gasteiger partial charge in [-0.25, -0.2) is 4.98 Å². The molecule has 4 heteroatoms. The monoisotopic (exact) mass is 256 g/mol. The zero-order valence-corrected chi connectivity index (χ0v) is 12.1. The van der Waals surface area contributed by atoms with E-state index in [4.69, 9.17) is 5.11 Å². The molecular formula is C13H24N2OS. The fourth-order valence-corrected chi connectivity index (χ4v) is 2.86. The second-order valence-corrected chi connectivity index (χ2v) is 5.88. The normalized spacial score (nSPS) is 11.5. The van der Waals surface area contributed by atoms with Gasteiger partial charge in [0.1, 0.15) is 0 Å². The molecule has 1 aromatic rings. The van der Waals surface area contributed by atoms with Gasteiger partial charge in [-0.2, -0.15) is 0 Å². The highest BCUT2D eigenvalue weighted by Gasteiger charge is 2.19. The number of aliphatic hydroxyl groups excluding tert-OH is 1. The molecule has 0 radical (unpaired) electrons. The third-order valence-electron chi connectivity index (χ3n) is 2.89. The lowest BCUT2D eigenvalue weighted by atomic mass is 10.1. The summed E-state index contributed by atoms with van der Waals surface area (Å²) in [5.74, 6) is 0.622. The number of thiazole rings is 1. The first-order valence-electron chi connectivity index (χ1n) is 6.44. The van der Waals surface area contributed by atoms with Crippen molar-refractivity contribution in [2.45, 2.75) is 53.2 Å². The van der Waals surface area contributed by atoms with Crippen LogP contribution in [-0.4, -0.2) is 22.7 Å². The van der Waals surface area contributed by atoms with Gasteiger partial charge in [0.15, 0.2) is 5.13 Å². The van der Waals surface area contributed by atoms with Gasteiger partial charge in [-0.3, -0.25) is 0 Å². The zero-order chi connectivity index (χ0) is 12.8. The third kappa shape index (κ3) is 3.96. The van der Waals surface area contributed by atoms with Crippen molar-refractivity contribution in [1.29, 1.82) is 0 Å². The first kappa shape index (κ1) is 14.5. The van der Waals surface area contributed by atoms with E-state index in [2.05, 4.69) is 37.6 Å². The number of aromatic nitrogens is 1. The van der Waals surface area contributed by atoms with Crippen LogP contribution in [0.2, 0.25) is 0 Å². The summed E-state index contributed by atoms with van der Waals surface area (Å²) in [6, 6.07) is 0.551. The minimum absolute atomic E-state index is 0.0934. The van der Waals surface area contributed by atoms with Crippen molar-refractivity contribution in [2.24, 2.45) is 5.92 Å². The lowest BCUT2D eigenvalue weighted by Gasteiger charge is -2.31. The Bertz CT molecular complexity index is 321. The molecule has 0 aliphatic heterocycles. The molecule has 1 rings (SSSR count). The second kappa shape index (κ2) is 6.97. The van der Waals surface area contributed by atoms with Gasteiger partial charge >= 0.3 is 0 Å². The molecule has 0 saturated heterocycles. The van der Waals surface area contributed by atoms with Crippen molar-refractivity contribution >= 4 is 16.5 Å². The van der Waals surface area contributed by atoms with Crippen molar-refractivity contribution in [3.05, 3.63) is 11.1 Å². The maximum Gasteiger partial charge on any atom is 0.185 e. The number of hydrogen-bond donors (Lipinski definition) is 1. The molecule has 1 aromatic heterocycles. The third-order valence-corrected chi connectivity index (χ3v) is 3.91. The van der Waals surface area contributed by atoms with Crippen molar-refractivity contribution in [3.63, 3.8) is 0 Å². The Hall–Kier alpha value is -0.610. The number of anilines is 1. The molecule has 0 aromatic carbocycles. The number of aliphatic hydroxyl groups is 1. The van der Waals surface area contributed by atoms with Crippen molar-refractivity contribution in [1.82, 2.24) is 4.98 Å². The summed E-state index contributed by atoms with van der Waals surface area (Å²) in [7, 11) is 0. The highest BCUT2D eigenvalue weighted by molar-refractivity contribution is 7.15. The maximum absolute atomic E-state index is 9.12.